The number of hydrogen-bond donors (Lipinski definition) is 1. The maximum Gasteiger partial charge on any atom is 0.240 e. The van der Waals surface area contributed by atoms with Crippen LogP contribution in [0.25, 0.3) is 10.2 Å². The molecule has 1 atom stereocenters. The standard InChI is InChI=1S/C22H31N5OS2/c23-20(21(28)27-13-14-29-15-27)16-5-7-17(8-6-16)25-9-11-26(12-10-25)22-24-18-3-1-2-4-19(18)30-22/h1-4,16-17,20H,5-15,23H2. The molecule has 6 nitrogen and oxygen atoms in total. The number of para-hydroxylation sites is 1. The zero-order valence-corrected chi connectivity index (χ0v) is 19.0. The van der Waals surface area contributed by atoms with E-state index in [-0.39, 0.29) is 11.9 Å². The Morgan fingerprint density at radius 3 is 2.53 bits per heavy atom. The third-order valence-electron chi connectivity index (χ3n) is 6.98. The van der Waals surface area contributed by atoms with Crippen LogP contribution in [-0.2, 0) is 4.79 Å². The van der Waals surface area contributed by atoms with Crippen LogP contribution in [0.2, 0.25) is 0 Å². The van der Waals surface area contributed by atoms with Crippen molar-refractivity contribution in [3.05, 3.63) is 24.3 Å². The van der Waals surface area contributed by atoms with Crippen molar-refractivity contribution in [3.63, 3.8) is 0 Å². The van der Waals surface area contributed by atoms with E-state index in [0.29, 0.717) is 12.0 Å². The summed E-state index contributed by atoms with van der Waals surface area (Å²) < 4.78 is 1.27. The number of piperazine rings is 1. The maximum atomic E-state index is 12.6. The number of nitrogens with two attached hydrogens (primary N) is 1. The number of aromatic nitrogens is 1. The number of thioether (sulfide) groups is 1. The summed E-state index contributed by atoms with van der Waals surface area (Å²) in [6, 6.07) is 8.74. The number of carbonyl (C=O) groups excluding carboxylic acids is 1. The van der Waals surface area contributed by atoms with Crippen molar-refractivity contribution in [3.8, 4) is 0 Å². The van der Waals surface area contributed by atoms with E-state index in [9.17, 15) is 4.79 Å². The minimum atomic E-state index is -0.305. The molecule has 2 N–H and O–H groups in total. The summed E-state index contributed by atoms with van der Waals surface area (Å²) in [5.41, 5.74) is 7.49. The SMILES string of the molecule is NC(C(=O)N1CCSC1)C1CCC(N2CCN(c3nc4ccccc4s3)CC2)CC1. The number of fused-ring (bicyclic) bond motifs is 1. The topological polar surface area (TPSA) is 65.7 Å². The summed E-state index contributed by atoms with van der Waals surface area (Å²) in [5, 5.41) is 1.16. The molecule has 1 aliphatic carbocycles. The van der Waals surface area contributed by atoms with E-state index in [0.717, 1.165) is 67.8 Å². The molecule has 1 saturated carbocycles. The Balaban J connectivity index is 1.11. The third kappa shape index (κ3) is 4.20. The highest BCUT2D eigenvalue weighted by Gasteiger charge is 2.35. The average molecular weight is 446 g/mol. The Labute approximate surface area is 186 Å². The van der Waals surface area contributed by atoms with E-state index in [1.165, 1.54) is 17.5 Å². The molecule has 30 heavy (non-hydrogen) atoms. The summed E-state index contributed by atoms with van der Waals surface area (Å²) in [4.78, 5) is 24.5. The fraction of sp³-hybridized carbons (Fsp3) is 0.636. The number of rotatable bonds is 4. The van der Waals surface area contributed by atoms with Crippen LogP contribution >= 0.6 is 23.1 Å². The molecule has 0 bridgehead atoms. The van der Waals surface area contributed by atoms with Gasteiger partial charge in [0, 0.05) is 44.5 Å². The van der Waals surface area contributed by atoms with E-state index in [1.807, 2.05) is 16.7 Å². The quantitative estimate of drug-likeness (QED) is 0.781. The van der Waals surface area contributed by atoms with Gasteiger partial charge in [-0.05, 0) is 43.7 Å². The molecule has 1 amide bonds. The van der Waals surface area contributed by atoms with Crippen LogP contribution in [0.4, 0.5) is 5.13 Å². The van der Waals surface area contributed by atoms with Gasteiger partial charge < -0.3 is 15.5 Å². The van der Waals surface area contributed by atoms with Crippen LogP contribution in [0.1, 0.15) is 25.7 Å². The zero-order chi connectivity index (χ0) is 20.5. The Morgan fingerprint density at radius 2 is 1.83 bits per heavy atom. The predicted octanol–water partition coefficient (Wildman–Crippen LogP) is 2.84. The van der Waals surface area contributed by atoms with E-state index in [1.54, 1.807) is 11.3 Å². The molecule has 162 valence electrons. The highest BCUT2D eigenvalue weighted by atomic mass is 32.2. The van der Waals surface area contributed by atoms with Gasteiger partial charge in [0.1, 0.15) is 0 Å². The van der Waals surface area contributed by atoms with Gasteiger partial charge in [-0.2, -0.15) is 0 Å². The van der Waals surface area contributed by atoms with Crippen LogP contribution in [0, 0.1) is 5.92 Å². The number of benzene rings is 1. The Kier molecular flexibility index (Phi) is 6.18. The second kappa shape index (κ2) is 9.02. The summed E-state index contributed by atoms with van der Waals surface area (Å²) in [7, 11) is 0. The number of amides is 1. The number of nitrogens with zero attached hydrogens (tertiary/aromatic N) is 4. The van der Waals surface area contributed by atoms with Gasteiger partial charge >= 0.3 is 0 Å². The normalized spacial score (nSPS) is 27.0. The van der Waals surface area contributed by atoms with Gasteiger partial charge in [0.2, 0.25) is 5.91 Å². The lowest BCUT2D eigenvalue weighted by molar-refractivity contribution is -0.132. The molecule has 2 aromatic rings. The van der Waals surface area contributed by atoms with Crippen molar-refractivity contribution in [2.24, 2.45) is 11.7 Å². The molecular weight excluding hydrogens is 414 g/mol. The van der Waals surface area contributed by atoms with Crippen LogP contribution in [0.3, 0.4) is 0 Å². The first kappa shape index (κ1) is 20.5. The van der Waals surface area contributed by atoms with Crippen molar-refractivity contribution in [2.45, 2.75) is 37.8 Å². The summed E-state index contributed by atoms with van der Waals surface area (Å²) >= 11 is 3.63. The van der Waals surface area contributed by atoms with Gasteiger partial charge in [0.15, 0.2) is 5.13 Å². The molecule has 3 heterocycles. The van der Waals surface area contributed by atoms with Crippen molar-refractivity contribution >= 4 is 44.4 Å². The Hall–Kier alpha value is -1.35. The van der Waals surface area contributed by atoms with Gasteiger partial charge in [0.25, 0.3) is 0 Å². The first-order chi connectivity index (χ1) is 14.7. The fourth-order valence-corrected chi connectivity index (χ4v) is 7.07. The van der Waals surface area contributed by atoms with Gasteiger partial charge in [-0.15, -0.1) is 11.8 Å². The lowest BCUT2D eigenvalue weighted by Gasteiger charge is -2.42. The number of anilines is 1. The van der Waals surface area contributed by atoms with Crippen molar-refractivity contribution < 1.29 is 4.79 Å². The molecule has 0 spiro atoms. The smallest absolute Gasteiger partial charge is 0.240 e. The molecular formula is C22H31N5OS2. The summed E-state index contributed by atoms with van der Waals surface area (Å²) in [6.07, 6.45) is 4.50. The van der Waals surface area contributed by atoms with Crippen LogP contribution in [0.15, 0.2) is 24.3 Å². The van der Waals surface area contributed by atoms with E-state index in [2.05, 4.69) is 34.1 Å². The van der Waals surface area contributed by atoms with Crippen LogP contribution < -0.4 is 10.6 Å². The van der Waals surface area contributed by atoms with Gasteiger partial charge in [0.05, 0.1) is 22.1 Å². The van der Waals surface area contributed by atoms with Gasteiger partial charge in [-0.25, -0.2) is 4.98 Å². The van der Waals surface area contributed by atoms with E-state index < -0.39 is 0 Å². The van der Waals surface area contributed by atoms with Crippen LogP contribution in [-0.4, -0.2) is 77.1 Å². The number of thiazole rings is 1. The molecule has 3 fully saturated rings. The highest BCUT2D eigenvalue weighted by molar-refractivity contribution is 7.99. The fourth-order valence-electron chi connectivity index (χ4n) is 5.10. The average Bonchev–Trinajstić information content (AvgIpc) is 3.48. The molecule has 3 aliphatic rings. The van der Waals surface area contributed by atoms with E-state index in [4.69, 9.17) is 10.7 Å². The minimum Gasteiger partial charge on any atom is -0.345 e. The maximum absolute atomic E-state index is 12.6. The molecule has 1 unspecified atom stereocenters. The minimum absolute atomic E-state index is 0.174. The summed E-state index contributed by atoms with van der Waals surface area (Å²) in [5.74, 6) is 2.39. The number of carbonyl (C=O) groups is 1. The van der Waals surface area contributed by atoms with Crippen molar-refractivity contribution in [1.82, 2.24) is 14.8 Å². The first-order valence-corrected chi connectivity index (χ1v) is 13.1. The first-order valence-electron chi connectivity index (χ1n) is 11.2. The third-order valence-corrected chi connectivity index (χ3v) is 9.05. The van der Waals surface area contributed by atoms with Gasteiger partial charge in [-0.1, -0.05) is 23.5 Å². The summed E-state index contributed by atoms with van der Waals surface area (Å²) in [6.45, 7) is 5.16. The second-order valence-electron chi connectivity index (χ2n) is 8.72. The molecule has 2 saturated heterocycles. The monoisotopic (exact) mass is 445 g/mol. The van der Waals surface area contributed by atoms with E-state index >= 15 is 0 Å². The molecule has 1 aromatic heterocycles. The van der Waals surface area contributed by atoms with Crippen molar-refractivity contribution in [2.75, 3.05) is 49.3 Å². The van der Waals surface area contributed by atoms with Gasteiger partial charge in [-0.3, -0.25) is 9.69 Å². The molecule has 5 rings (SSSR count). The lowest BCUT2D eigenvalue weighted by Crippen LogP contribution is -2.53. The molecule has 0 radical (unpaired) electrons. The largest absolute Gasteiger partial charge is 0.345 e. The zero-order valence-electron chi connectivity index (χ0n) is 17.4. The highest BCUT2D eigenvalue weighted by Crippen LogP contribution is 2.33. The van der Waals surface area contributed by atoms with Crippen molar-refractivity contribution in [1.29, 1.82) is 0 Å². The molecule has 2 aliphatic heterocycles. The molecule has 1 aromatic carbocycles. The predicted molar refractivity (Wildman–Crippen MR) is 126 cm³/mol. The lowest BCUT2D eigenvalue weighted by atomic mass is 9.80. The second-order valence-corrected chi connectivity index (χ2v) is 10.8. The molecule has 8 heteroatoms. The number of hydrogen-bond acceptors (Lipinski definition) is 7. The van der Waals surface area contributed by atoms with Crippen LogP contribution in [0.5, 0.6) is 0 Å². The Morgan fingerprint density at radius 1 is 1.07 bits per heavy atom. The Bertz CT molecular complexity index is 834.